The van der Waals surface area contributed by atoms with E-state index in [9.17, 15) is 0 Å². The number of para-hydroxylation sites is 1. The minimum absolute atomic E-state index is 0.0497. The van der Waals surface area contributed by atoms with Crippen LogP contribution in [0, 0.1) is 0 Å². The highest BCUT2D eigenvalue weighted by atomic mass is 15.1. The molecule has 0 unspecified atom stereocenters. The average molecular weight is 564 g/mol. The first kappa shape index (κ1) is 26.2. The molecule has 0 aliphatic heterocycles. The van der Waals surface area contributed by atoms with Crippen LogP contribution in [0.4, 0.5) is 17.1 Å². The van der Waals surface area contributed by atoms with E-state index >= 15 is 0 Å². The zero-order valence-corrected chi connectivity index (χ0v) is 25.0. The fourth-order valence-corrected chi connectivity index (χ4v) is 7.00. The lowest BCUT2D eigenvalue weighted by atomic mass is 9.82. The molecule has 8 rings (SSSR count). The Hall–Kier alpha value is -5.40. The highest BCUT2D eigenvalue weighted by Crippen LogP contribution is 2.50. The third-order valence-corrected chi connectivity index (χ3v) is 9.25. The number of nitrogens with zero attached hydrogens (tertiary/aromatic N) is 1. The molecule has 1 aliphatic rings. The molecule has 0 spiro atoms. The monoisotopic (exact) mass is 563 g/mol. The summed E-state index contributed by atoms with van der Waals surface area (Å²) in [5.74, 6) is 0. The molecule has 1 nitrogen and oxygen atoms in total. The van der Waals surface area contributed by atoms with Crippen molar-refractivity contribution in [1.82, 2.24) is 0 Å². The minimum Gasteiger partial charge on any atom is -0.310 e. The summed E-state index contributed by atoms with van der Waals surface area (Å²) in [6.07, 6.45) is 4.47. The lowest BCUT2D eigenvalue weighted by molar-refractivity contribution is 0.660. The normalized spacial score (nSPS) is 13.3. The maximum Gasteiger partial charge on any atom is 0.0465 e. The fourth-order valence-electron chi connectivity index (χ4n) is 7.00. The molecule has 7 aromatic carbocycles. The van der Waals surface area contributed by atoms with Gasteiger partial charge in [-0.2, -0.15) is 0 Å². The molecule has 7 aromatic rings. The van der Waals surface area contributed by atoms with Crippen LogP contribution in [0.5, 0.6) is 0 Å². The quantitative estimate of drug-likeness (QED) is 0.149. The van der Waals surface area contributed by atoms with Gasteiger partial charge in [0.15, 0.2) is 0 Å². The van der Waals surface area contributed by atoms with Gasteiger partial charge in [0.1, 0.15) is 0 Å². The molecule has 0 saturated heterocycles. The van der Waals surface area contributed by atoms with Crippen LogP contribution < -0.4 is 4.90 Å². The molecule has 1 aliphatic carbocycles. The van der Waals surface area contributed by atoms with E-state index in [1.54, 1.807) is 0 Å². The van der Waals surface area contributed by atoms with Crippen molar-refractivity contribution in [2.45, 2.75) is 19.3 Å². The van der Waals surface area contributed by atoms with E-state index in [0.29, 0.717) is 0 Å². The molecule has 0 heterocycles. The van der Waals surface area contributed by atoms with Gasteiger partial charge < -0.3 is 4.90 Å². The van der Waals surface area contributed by atoms with E-state index in [1.807, 2.05) is 0 Å². The Labute approximate surface area is 259 Å². The Balaban J connectivity index is 1.17. The second-order valence-corrected chi connectivity index (χ2v) is 12.2. The summed E-state index contributed by atoms with van der Waals surface area (Å²) < 4.78 is 0. The molecule has 0 amide bonds. The maximum atomic E-state index is 2.39. The largest absolute Gasteiger partial charge is 0.310 e. The van der Waals surface area contributed by atoms with Crippen LogP contribution in [0.2, 0.25) is 0 Å². The first-order chi connectivity index (χ1) is 21.6. The lowest BCUT2D eigenvalue weighted by Gasteiger charge is -2.28. The smallest absolute Gasteiger partial charge is 0.0465 e. The van der Waals surface area contributed by atoms with Crippen LogP contribution in [0.25, 0.3) is 44.8 Å². The molecule has 0 saturated carbocycles. The third kappa shape index (κ3) is 4.32. The second-order valence-electron chi connectivity index (χ2n) is 12.2. The van der Waals surface area contributed by atoms with Gasteiger partial charge in [-0.25, -0.2) is 0 Å². The van der Waals surface area contributed by atoms with Crippen molar-refractivity contribution < 1.29 is 0 Å². The summed E-state index contributed by atoms with van der Waals surface area (Å²) in [6.45, 7) is 4.68. The molecule has 0 bridgehead atoms. The molecule has 44 heavy (non-hydrogen) atoms. The van der Waals surface area contributed by atoms with E-state index in [2.05, 4.69) is 183 Å². The molecule has 210 valence electrons. The molecule has 0 aromatic heterocycles. The molecule has 1 heteroatoms. The Bertz CT molecular complexity index is 2190. The van der Waals surface area contributed by atoms with E-state index in [0.717, 1.165) is 11.4 Å². The fraction of sp³-hybridized carbons (Fsp3) is 0.0698. The Morgan fingerprint density at radius 3 is 1.89 bits per heavy atom. The highest BCUT2D eigenvalue weighted by Gasteiger charge is 2.35. The standard InChI is InChI=1S/C43H33N/c1-43(2)41-19-11-10-18-39(41)40-27-26-35(29-42(40)43)44(33-13-4-3-5-14-33)34-24-21-30(22-25-34)20-23-32-28-31-12-6-7-15-36(31)38-17-9-8-16-37(32)38/h3-29H,1-2H3/b23-20+. The van der Waals surface area contributed by atoms with Crippen molar-refractivity contribution in [2.24, 2.45) is 0 Å². The van der Waals surface area contributed by atoms with Crippen molar-refractivity contribution in [3.8, 4) is 11.1 Å². The first-order valence-corrected chi connectivity index (χ1v) is 15.4. The Morgan fingerprint density at radius 1 is 0.455 bits per heavy atom. The van der Waals surface area contributed by atoms with Gasteiger partial charge in [0.05, 0.1) is 0 Å². The number of hydrogen-bond donors (Lipinski definition) is 0. The van der Waals surface area contributed by atoms with E-state index < -0.39 is 0 Å². The summed E-state index contributed by atoms with van der Waals surface area (Å²) >= 11 is 0. The van der Waals surface area contributed by atoms with Crippen LogP contribution in [0.15, 0.2) is 152 Å². The van der Waals surface area contributed by atoms with Gasteiger partial charge in [-0.1, -0.05) is 135 Å². The molecule has 0 N–H and O–H groups in total. The zero-order valence-electron chi connectivity index (χ0n) is 25.0. The average Bonchev–Trinajstić information content (AvgIpc) is 3.31. The van der Waals surface area contributed by atoms with Gasteiger partial charge >= 0.3 is 0 Å². The Kier molecular flexibility index (Phi) is 6.20. The van der Waals surface area contributed by atoms with Gasteiger partial charge in [0, 0.05) is 22.5 Å². The van der Waals surface area contributed by atoms with Crippen molar-refractivity contribution in [3.63, 3.8) is 0 Å². The van der Waals surface area contributed by atoms with Crippen molar-refractivity contribution in [1.29, 1.82) is 0 Å². The van der Waals surface area contributed by atoms with Gasteiger partial charge in [0.2, 0.25) is 0 Å². The topological polar surface area (TPSA) is 3.24 Å². The number of fused-ring (bicyclic) bond motifs is 6. The minimum atomic E-state index is -0.0497. The molecular formula is C43H33N. The molecule has 0 radical (unpaired) electrons. The summed E-state index contributed by atoms with van der Waals surface area (Å²) in [5, 5.41) is 5.13. The number of benzene rings is 7. The zero-order chi connectivity index (χ0) is 29.7. The summed E-state index contributed by atoms with van der Waals surface area (Å²) in [4.78, 5) is 2.36. The van der Waals surface area contributed by atoms with Gasteiger partial charge in [-0.15, -0.1) is 0 Å². The lowest BCUT2D eigenvalue weighted by Crippen LogP contribution is -2.16. The predicted octanol–water partition coefficient (Wildman–Crippen LogP) is 11.9. The molecule has 0 atom stereocenters. The van der Waals surface area contributed by atoms with Crippen molar-refractivity contribution in [3.05, 3.63) is 174 Å². The SMILES string of the molecule is CC1(C)c2ccccc2-c2ccc(N(c3ccccc3)c3ccc(/C=C/c4cc5ccccc5c5ccccc45)cc3)cc21. The highest BCUT2D eigenvalue weighted by molar-refractivity contribution is 6.11. The molecule has 0 fully saturated rings. The summed E-state index contributed by atoms with van der Waals surface area (Å²) in [7, 11) is 0. The number of rotatable bonds is 5. The van der Waals surface area contributed by atoms with Crippen LogP contribution >= 0.6 is 0 Å². The molecular weight excluding hydrogens is 530 g/mol. The van der Waals surface area contributed by atoms with Crippen LogP contribution in [-0.2, 0) is 5.41 Å². The maximum absolute atomic E-state index is 2.39. The summed E-state index contributed by atoms with van der Waals surface area (Å²) in [6, 6.07) is 55.0. The van der Waals surface area contributed by atoms with Crippen molar-refractivity contribution >= 4 is 50.8 Å². The van der Waals surface area contributed by atoms with Gasteiger partial charge in [-0.05, 0) is 97.4 Å². The first-order valence-electron chi connectivity index (χ1n) is 15.4. The van der Waals surface area contributed by atoms with Gasteiger partial charge in [0.25, 0.3) is 0 Å². The van der Waals surface area contributed by atoms with Crippen molar-refractivity contribution in [2.75, 3.05) is 4.90 Å². The number of anilines is 3. The van der Waals surface area contributed by atoms with E-state index in [-0.39, 0.29) is 5.41 Å². The van der Waals surface area contributed by atoms with Gasteiger partial charge in [-0.3, -0.25) is 0 Å². The number of hydrogen-bond acceptors (Lipinski definition) is 1. The van der Waals surface area contributed by atoms with Crippen LogP contribution in [0.1, 0.15) is 36.1 Å². The predicted molar refractivity (Wildman–Crippen MR) is 189 cm³/mol. The Morgan fingerprint density at radius 2 is 1.07 bits per heavy atom. The van der Waals surface area contributed by atoms with Crippen LogP contribution in [-0.4, -0.2) is 0 Å². The van der Waals surface area contributed by atoms with E-state index in [4.69, 9.17) is 0 Å². The third-order valence-electron chi connectivity index (χ3n) is 9.25. The second kappa shape index (κ2) is 10.4. The van der Waals surface area contributed by atoms with Crippen LogP contribution in [0.3, 0.4) is 0 Å². The summed E-state index contributed by atoms with van der Waals surface area (Å²) in [5.41, 5.74) is 11.3. The van der Waals surface area contributed by atoms with E-state index in [1.165, 1.54) is 60.6 Å².